The van der Waals surface area contributed by atoms with Crippen molar-refractivity contribution in [1.82, 2.24) is 5.01 Å². The molecule has 8 heteroatoms. The maximum atomic E-state index is 13.0. The lowest BCUT2D eigenvalue weighted by Crippen LogP contribution is -2.40. The zero-order chi connectivity index (χ0) is 21.4. The summed E-state index contributed by atoms with van der Waals surface area (Å²) in [7, 11) is 0. The summed E-state index contributed by atoms with van der Waals surface area (Å²) >= 11 is 0. The van der Waals surface area contributed by atoms with Crippen molar-refractivity contribution in [2.45, 2.75) is 13.3 Å². The second-order valence-electron chi connectivity index (χ2n) is 8.87. The van der Waals surface area contributed by atoms with E-state index in [1.165, 1.54) is 12.3 Å². The summed E-state index contributed by atoms with van der Waals surface area (Å²) < 4.78 is 5.71. The summed E-state index contributed by atoms with van der Waals surface area (Å²) in [4.78, 5) is 36.8. The third-order valence-electron chi connectivity index (χ3n) is 7.18. The maximum absolute atomic E-state index is 13.0. The average Bonchev–Trinajstić information content (AvgIpc) is 3.39. The number of nitro benzene ring substituents is 1. The molecule has 2 heterocycles. The normalized spacial score (nSPS) is 32.6. The molecule has 6 atom stereocenters. The summed E-state index contributed by atoms with van der Waals surface area (Å²) in [5, 5.41) is 16.5. The van der Waals surface area contributed by atoms with Gasteiger partial charge in [0.15, 0.2) is 0 Å². The number of rotatable bonds is 4. The minimum absolute atomic E-state index is 0.0478. The number of aryl methyl sites for hydroxylation is 1. The molecule has 156 valence electrons. The van der Waals surface area contributed by atoms with Gasteiger partial charge in [-0.25, -0.2) is 0 Å². The number of allylic oxidation sites excluding steroid dienone is 2. The largest absolute Gasteiger partial charge is 0.455 e. The van der Waals surface area contributed by atoms with E-state index in [1.807, 2.05) is 0 Å². The van der Waals surface area contributed by atoms with Crippen molar-refractivity contribution in [3.05, 3.63) is 63.9 Å². The molecule has 7 rings (SSSR count). The Morgan fingerprint density at radius 3 is 2.42 bits per heavy atom. The number of hydrogen-bond donors (Lipinski definition) is 0. The van der Waals surface area contributed by atoms with Crippen molar-refractivity contribution in [2.75, 3.05) is 0 Å². The van der Waals surface area contributed by atoms with Crippen LogP contribution in [0.15, 0.2) is 52.0 Å². The van der Waals surface area contributed by atoms with Crippen molar-refractivity contribution in [1.29, 1.82) is 0 Å². The van der Waals surface area contributed by atoms with Gasteiger partial charge in [0.25, 0.3) is 17.5 Å². The van der Waals surface area contributed by atoms with Crippen LogP contribution in [0.4, 0.5) is 5.69 Å². The Bertz CT molecular complexity index is 1180. The number of carbonyl (C=O) groups is 2. The van der Waals surface area contributed by atoms with Crippen molar-refractivity contribution in [3.63, 3.8) is 0 Å². The molecule has 0 N–H and O–H groups in total. The monoisotopic (exact) mass is 417 g/mol. The molecule has 2 saturated carbocycles. The number of carbonyl (C=O) groups excluding carboxylic acids is 2. The van der Waals surface area contributed by atoms with Crippen LogP contribution in [0.1, 0.15) is 17.7 Å². The van der Waals surface area contributed by atoms with Crippen LogP contribution >= 0.6 is 0 Å². The SMILES string of the molecule is Cc1ccc(-c2ccc(/C=N\N3C(=O)[C@@H]4[C@@H]5C=C[C@@H]([C@H]6C[C@@H]56)[C@@H]4C3=O)o2)c([N+](=O)[O-])c1. The predicted octanol–water partition coefficient (Wildman–Crippen LogP) is 3.55. The van der Waals surface area contributed by atoms with E-state index in [0.29, 0.717) is 28.9 Å². The highest BCUT2D eigenvalue weighted by atomic mass is 16.6. The van der Waals surface area contributed by atoms with Crippen molar-refractivity contribution >= 4 is 23.7 Å². The van der Waals surface area contributed by atoms with E-state index in [4.69, 9.17) is 4.42 Å². The highest BCUT2D eigenvalue weighted by Gasteiger charge is 2.67. The summed E-state index contributed by atoms with van der Waals surface area (Å²) in [5.41, 5.74) is 1.09. The second kappa shape index (κ2) is 6.23. The molecular formula is C23H19N3O5. The van der Waals surface area contributed by atoms with Gasteiger partial charge in [-0.15, -0.1) is 0 Å². The third kappa shape index (κ3) is 2.57. The first-order valence-corrected chi connectivity index (χ1v) is 10.4. The van der Waals surface area contributed by atoms with Gasteiger partial charge < -0.3 is 4.42 Å². The number of hydrazone groups is 1. The van der Waals surface area contributed by atoms with E-state index in [1.54, 1.807) is 31.2 Å². The number of benzene rings is 1. The van der Waals surface area contributed by atoms with E-state index in [9.17, 15) is 19.7 Å². The van der Waals surface area contributed by atoms with E-state index in [-0.39, 0.29) is 41.2 Å². The van der Waals surface area contributed by atoms with Gasteiger partial charge in [-0.1, -0.05) is 18.2 Å². The van der Waals surface area contributed by atoms with Crippen LogP contribution in [0.5, 0.6) is 0 Å². The first-order chi connectivity index (χ1) is 14.9. The zero-order valence-electron chi connectivity index (χ0n) is 16.7. The van der Waals surface area contributed by atoms with Crippen LogP contribution in [0.2, 0.25) is 0 Å². The van der Waals surface area contributed by atoms with Gasteiger partial charge >= 0.3 is 0 Å². The van der Waals surface area contributed by atoms with Crippen molar-refractivity contribution in [2.24, 2.45) is 40.6 Å². The fraction of sp³-hybridized carbons (Fsp3) is 0.348. The molecule has 31 heavy (non-hydrogen) atoms. The fourth-order valence-electron chi connectivity index (χ4n) is 5.74. The summed E-state index contributed by atoms with van der Waals surface area (Å²) in [6.45, 7) is 1.78. The van der Waals surface area contributed by atoms with E-state index >= 15 is 0 Å². The van der Waals surface area contributed by atoms with Crippen molar-refractivity contribution < 1.29 is 18.9 Å². The Balaban J connectivity index is 1.26. The molecule has 1 aromatic carbocycles. The number of furan rings is 1. The van der Waals surface area contributed by atoms with Crippen LogP contribution in [0.3, 0.4) is 0 Å². The Morgan fingerprint density at radius 2 is 1.77 bits per heavy atom. The van der Waals surface area contributed by atoms with Gasteiger partial charge in [0.2, 0.25) is 0 Å². The molecule has 8 nitrogen and oxygen atoms in total. The molecule has 1 aliphatic heterocycles. The third-order valence-corrected chi connectivity index (χ3v) is 7.18. The van der Waals surface area contributed by atoms with Crippen LogP contribution in [-0.4, -0.2) is 28.0 Å². The molecular weight excluding hydrogens is 398 g/mol. The molecule has 5 aliphatic rings. The van der Waals surface area contributed by atoms with Gasteiger partial charge in [0.05, 0.1) is 28.5 Å². The standard InChI is InChI=1S/C23H19N3O5/c1-11-2-4-15(18(8-11)26(29)30)19-7-3-12(31-19)10-24-25-22(27)20-13-5-6-14(17-9-16(13)17)21(20)23(25)28/h2-8,10,13-14,16-17,20-21H,9H2,1H3/b24-10-/t13-,14+,16+,17-,20-,21+. The lowest BCUT2D eigenvalue weighted by atomic mass is 9.63. The fourth-order valence-corrected chi connectivity index (χ4v) is 5.74. The topological polar surface area (TPSA) is 106 Å². The quantitative estimate of drug-likeness (QED) is 0.249. The lowest BCUT2D eigenvalue weighted by Gasteiger charge is -2.37. The number of amides is 2. The van der Waals surface area contributed by atoms with Gasteiger partial charge in [-0.05, 0) is 60.8 Å². The minimum Gasteiger partial charge on any atom is -0.455 e. The Kier molecular flexibility index (Phi) is 3.66. The Morgan fingerprint density at radius 1 is 1.10 bits per heavy atom. The summed E-state index contributed by atoms with van der Waals surface area (Å²) in [5.74, 6) is 0.922. The smallest absolute Gasteiger partial charge is 0.280 e. The van der Waals surface area contributed by atoms with Crippen LogP contribution in [-0.2, 0) is 9.59 Å². The molecule has 2 aromatic rings. The van der Waals surface area contributed by atoms with Crippen LogP contribution in [0.25, 0.3) is 11.3 Å². The van der Waals surface area contributed by atoms with E-state index in [0.717, 1.165) is 17.0 Å². The number of imide groups is 1. The molecule has 1 aromatic heterocycles. The molecule has 4 aliphatic carbocycles. The van der Waals surface area contributed by atoms with Crippen LogP contribution in [0, 0.1) is 52.5 Å². The molecule has 3 fully saturated rings. The number of nitro groups is 1. The number of nitrogens with zero attached hydrogens (tertiary/aromatic N) is 3. The van der Waals surface area contributed by atoms with Gasteiger partial charge in [0, 0.05) is 6.07 Å². The van der Waals surface area contributed by atoms with Crippen molar-refractivity contribution in [3.8, 4) is 11.3 Å². The summed E-state index contributed by atoms with van der Waals surface area (Å²) in [6.07, 6.45) is 6.67. The molecule has 0 radical (unpaired) electrons. The Hall–Kier alpha value is -3.55. The number of hydrogen-bond acceptors (Lipinski definition) is 6. The van der Waals surface area contributed by atoms with Gasteiger partial charge in [-0.2, -0.15) is 10.1 Å². The van der Waals surface area contributed by atoms with E-state index < -0.39 is 4.92 Å². The molecule has 2 amide bonds. The van der Waals surface area contributed by atoms with Crippen LogP contribution < -0.4 is 0 Å². The molecule has 1 saturated heterocycles. The second-order valence-corrected chi connectivity index (χ2v) is 8.87. The molecule has 2 bridgehead atoms. The summed E-state index contributed by atoms with van der Waals surface area (Å²) in [6, 6.07) is 8.13. The molecule has 0 spiro atoms. The first-order valence-electron chi connectivity index (χ1n) is 10.4. The van der Waals surface area contributed by atoms with E-state index in [2.05, 4.69) is 17.3 Å². The minimum atomic E-state index is -0.450. The predicted molar refractivity (Wildman–Crippen MR) is 110 cm³/mol. The first kappa shape index (κ1) is 18.2. The molecule has 0 unspecified atom stereocenters. The van der Waals surface area contributed by atoms with Gasteiger partial charge in [-0.3, -0.25) is 19.7 Å². The lowest BCUT2D eigenvalue weighted by molar-refractivity contribution is -0.384. The zero-order valence-corrected chi connectivity index (χ0v) is 16.7. The highest BCUT2D eigenvalue weighted by molar-refractivity contribution is 6.06. The average molecular weight is 417 g/mol. The highest BCUT2D eigenvalue weighted by Crippen LogP contribution is 2.65. The van der Waals surface area contributed by atoms with Gasteiger partial charge in [0.1, 0.15) is 11.5 Å². The Labute approximate surface area is 177 Å². The maximum Gasteiger partial charge on any atom is 0.280 e.